The van der Waals surface area contributed by atoms with Crippen LogP contribution in [0.25, 0.3) is 11.0 Å². The zero-order valence-electron chi connectivity index (χ0n) is 16.7. The second-order valence-corrected chi connectivity index (χ2v) is 8.91. The van der Waals surface area contributed by atoms with E-state index >= 15 is 0 Å². The van der Waals surface area contributed by atoms with Crippen molar-refractivity contribution in [3.05, 3.63) is 75.7 Å². The van der Waals surface area contributed by atoms with Gasteiger partial charge in [0.25, 0.3) is 0 Å². The fourth-order valence-corrected chi connectivity index (χ4v) is 5.21. The monoisotopic (exact) mass is 439 g/mol. The van der Waals surface area contributed by atoms with Crippen molar-refractivity contribution in [2.24, 2.45) is 0 Å². The maximum atomic E-state index is 11.1. The molecule has 2 aromatic heterocycles. The summed E-state index contributed by atoms with van der Waals surface area (Å²) < 4.78 is 1.66. The number of aromatic amines is 1. The molecule has 0 atom stereocenters. The van der Waals surface area contributed by atoms with E-state index in [2.05, 4.69) is 40.1 Å². The van der Waals surface area contributed by atoms with Crippen molar-refractivity contribution in [1.82, 2.24) is 19.5 Å². The van der Waals surface area contributed by atoms with Crippen LogP contribution in [-0.2, 0) is 12.3 Å². The first kappa shape index (κ1) is 20.5. The van der Waals surface area contributed by atoms with Crippen molar-refractivity contribution in [2.75, 3.05) is 5.75 Å². The molecule has 0 aliphatic carbocycles. The molecule has 30 heavy (non-hydrogen) atoms. The Morgan fingerprint density at radius 2 is 1.97 bits per heavy atom. The van der Waals surface area contributed by atoms with Gasteiger partial charge in [-0.1, -0.05) is 36.0 Å². The molecule has 0 saturated carbocycles. The van der Waals surface area contributed by atoms with E-state index < -0.39 is 0 Å². The van der Waals surface area contributed by atoms with Crippen molar-refractivity contribution in [3.8, 4) is 0 Å². The zero-order chi connectivity index (χ0) is 21.1. The number of hydrogen-bond acceptors (Lipinski definition) is 6. The summed E-state index contributed by atoms with van der Waals surface area (Å²) in [4.78, 5) is 24.0. The summed E-state index contributed by atoms with van der Waals surface area (Å²) in [5.41, 5.74) is 4.52. The fourth-order valence-electron chi connectivity index (χ4n) is 3.24. The molecular formula is C21H21N5O2S2. The van der Waals surface area contributed by atoms with Crippen molar-refractivity contribution in [1.29, 1.82) is 0 Å². The second kappa shape index (κ2) is 8.93. The predicted octanol–water partition coefficient (Wildman–Crippen LogP) is 5.37. The lowest BCUT2D eigenvalue weighted by molar-refractivity contribution is -0.392. The number of nitro groups is 1. The van der Waals surface area contributed by atoms with E-state index in [1.807, 2.05) is 24.3 Å². The third-order valence-corrected chi connectivity index (χ3v) is 6.98. The normalized spacial score (nSPS) is 11.3. The number of aryl methyl sites for hydroxylation is 1. The molecule has 0 amide bonds. The highest BCUT2D eigenvalue weighted by molar-refractivity contribution is 7.99. The van der Waals surface area contributed by atoms with Gasteiger partial charge in [-0.15, -0.1) is 11.8 Å². The van der Waals surface area contributed by atoms with Crippen molar-refractivity contribution >= 4 is 40.4 Å². The summed E-state index contributed by atoms with van der Waals surface area (Å²) >= 11 is 3.40. The molecule has 0 aliphatic heterocycles. The van der Waals surface area contributed by atoms with Crippen LogP contribution in [0.2, 0.25) is 0 Å². The van der Waals surface area contributed by atoms with Crippen LogP contribution in [0.15, 0.2) is 58.7 Å². The zero-order valence-corrected chi connectivity index (χ0v) is 18.3. The highest BCUT2D eigenvalue weighted by atomic mass is 32.2. The van der Waals surface area contributed by atoms with Crippen LogP contribution in [0.5, 0.6) is 0 Å². The van der Waals surface area contributed by atoms with E-state index in [-0.39, 0.29) is 10.7 Å². The Morgan fingerprint density at radius 3 is 2.77 bits per heavy atom. The standard InChI is InChI=1S/C21H21N5O2S2/c1-14-16(13-30-21-23-17-7-3-4-8-18(17)24-21)6-5-9-19(14)29-11-10-25-15(2)22-12-20(25)26(27)28/h3-9,12H,10-11,13H2,1-2H3,(H,23,24). The average molecular weight is 440 g/mol. The molecule has 0 saturated heterocycles. The van der Waals surface area contributed by atoms with Gasteiger partial charge in [0.05, 0.1) is 11.0 Å². The molecule has 0 spiro atoms. The molecule has 2 aromatic carbocycles. The first-order valence-corrected chi connectivity index (χ1v) is 11.5. The van der Waals surface area contributed by atoms with E-state index in [9.17, 15) is 10.1 Å². The number of fused-ring (bicyclic) bond motifs is 1. The predicted molar refractivity (Wildman–Crippen MR) is 121 cm³/mol. The Hall–Kier alpha value is -2.78. The molecule has 2 heterocycles. The molecule has 1 N–H and O–H groups in total. The summed E-state index contributed by atoms with van der Waals surface area (Å²) in [6.45, 7) is 4.46. The molecular weight excluding hydrogens is 418 g/mol. The van der Waals surface area contributed by atoms with Crippen LogP contribution in [0.1, 0.15) is 17.0 Å². The van der Waals surface area contributed by atoms with E-state index in [4.69, 9.17) is 0 Å². The Balaban J connectivity index is 1.40. The number of nitrogens with zero attached hydrogens (tertiary/aromatic N) is 4. The van der Waals surface area contributed by atoms with Gasteiger partial charge in [-0.05, 0) is 41.2 Å². The molecule has 154 valence electrons. The molecule has 4 rings (SSSR count). The van der Waals surface area contributed by atoms with Crippen LogP contribution in [0.3, 0.4) is 0 Å². The number of nitrogens with one attached hydrogen (secondary N) is 1. The minimum absolute atomic E-state index is 0.0424. The number of hydrogen-bond donors (Lipinski definition) is 1. The number of thioether (sulfide) groups is 2. The average Bonchev–Trinajstić information content (AvgIpc) is 3.31. The van der Waals surface area contributed by atoms with Crippen LogP contribution < -0.4 is 0 Å². The van der Waals surface area contributed by atoms with Gasteiger partial charge < -0.3 is 15.1 Å². The lowest BCUT2D eigenvalue weighted by atomic mass is 10.1. The Bertz CT molecular complexity index is 1170. The van der Waals surface area contributed by atoms with Crippen molar-refractivity contribution in [2.45, 2.75) is 36.2 Å². The lowest BCUT2D eigenvalue weighted by Crippen LogP contribution is -2.07. The van der Waals surface area contributed by atoms with Crippen molar-refractivity contribution in [3.63, 3.8) is 0 Å². The van der Waals surface area contributed by atoms with Crippen LogP contribution in [0.4, 0.5) is 5.82 Å². The third kappa shape index (κ3) is 4.36. The summed E-state index contributed by atoms with van der Waals surface area (Å²) in [5.74, 6) is 2.27. The van der Waals surface area contributed by atoms with E-state index in [0.29, 0.717) is 12.4 Å². The minimum atomic E-state index is -0.383. The molecule has 7 nitrogen and oxygen atoms in total. The van der Waals surface area contributed by atoms with Gasteiger partial charge in [0, 0.05) is 23.3 Å². The summed E-state index contributed by atoms with van der Waals surface area (Å²) in [7, 11) is 0. The van der Waals surface area contributed by atoms with Gasteiger partial charge >= 0.3 is 5.82 Å². The maximum Gasteiger partial charge on any atom is 0.342 e. The first-order valence-electron chi connectivity index (χ1n) is 9.48. The highest BCUT2D eigenvalue weighted by Gasteiger charge is 2.17. The fraction of sp³-hybridized carbons (Fsp3) is 0.238. The topological polar surface area (TPSA) is 89.6 Å². The molecule has 0 radical (unpaired) electrons. The first-order chi connectivity index (χ1) is 14.5. The van der Waals surface area contributed by atoms with E-state index in [1.54, 1.807) is 35.0 Å². The van der Waals surface area contributed by atoms with Crippen molar-refractivity contribution < 1.29 is 4.92 Å². The molecule has 0 bridgehead atoms. The number of para-hydroxylation sites is 2. The van der Waals surface area contributed by atoms with Gasteiger partial charge in [0.15, 0.2) is 11.0 Å². The maximum absolute atomic E-state index is 11.1. The van der Waals surface area contributed by atoms with Gasteiger partial charge in [0.1, 0.15) is 12.7 Å². The Morgan fingerprint density at radius 1 is 1.13 bits per heavy atom. The number of imidazole rings is 2. The minimum Gasteiger partial charge on any atom is -0.358 e. The third-order valence-electron chi connectivity index (χ3n) is 4.92. The van der Waals surface area contributed by atoms with Crippen LogP contribution in [0, 0.1) is 24.0 Å². The molecule has 0 aliphatic rings. The summed E-state index contributed by atoms with van der Waals surface area (Å²) in [5, 5.41) is 12.1. The summed E-state index contributed by atoms with van der Waals surface area (Å²) in [6, 6.07) is 14.3. The van der Waals surface area contributed by atoms with Crippen LogP contribution >= 0.6 is 23.5 Å². The second-order valence-electron chi connectivity index (χ2n) is 6.81. The van der Waals surface area contributed by atoms with Gasteiger partial charge in [0.2, 0.25) is 0 Å². The Labute approximate surface area is 182 Å². The van der Waals surface area contributed by atoms with Gasteiger partial charge in [-0.3, -0.25) is 0 Å². The molecule has 4 aromatic rings. The molecule has 0 fully saturated rings. The number of H-pyrrole nitrogens is 1. The number of rotatable bonds is 8. The number of aromatic nitrogens is 4. The van der Waals surface area contributed by atoms with Gasteiger partial charge in [-0.25, -0.2) is 14.5 Å². The molecule has 9 heteroatoms. The van der Waals surface area contributed by atoms with E-state index in [0.717, 1.165) is 27.7 Å². The highest BCUT2D eigenvalue weighted by Crippen LogP contribution is 2.30. The number of benzene rings is 2. The van der Waals surface area contributed by atoms with Gasteiger partial charge in [-0.2, -0.15) is 0 Å². The summed E-state index contributed by atoms with van der Waals surface area (Å²) in [6.07, 6.45) is 1.32. The smallest absolute Gasteiger partial charge is 0.342 e. The largest absolute Gasteiger partial charge is 0.358 e. The Kier molecular flexibility index (Phi) is 6.10. The quantitative estimate of drug-likeness (QED) is 0.226. The molecule has 0 unspecified atom stereocenters. The van der Waals surface area contributed by atoms with E-state index in [1.165, 1.54) is 22.2 Å². The lowest BCUT2D eigenvalue weighted by Gasteiger charge is -2.10. The van der Waals surface area contributed by atoms with Crippen LogP contribution in [-0.4, -0.2) is 30.2 Å². The SMILES string of the molecule is Cc1c(CSc2nc3ccccc3[nH]2)cccc1SCCn1c([N+](=O)[O-])cnc1C.